The quantitative estimate of drug-likeness (QED) is 0.694. The second-order valence-electron chi connectivity index (χ2n) is 8.85. The van der Waals surface area contributed by atoms with Crippen LogP contribution in [0.25, 0.3) is 0 Å². The fourth-order valence-corrected chi connectivity index (χ4v) is 4.70. The van der Waals surface area contributed by atoms with Gasteiger partial charge in [-0.2, -0.15) is 0 Å². The summed E-state index contributed by atoms with van der Waals surface area (Å²) in [5.74, 6) is -0.00355. The predicted molar refractivity (Wildman–Crippen MR) is 116 cm³/mol. The van der Waals surface area contributed by atoms with E-state index in [-0.39, 0.29) is 29.2 Å². The number of allylic oxidation sites excluding steroid dienone is 2. The fraction of sp³-hybridized carbons (Fsp3) is 0.360. The molecule has 0 aromatic heterocycles. The number of hydrogen-bond donors (Lipinski definition) is 0. The van der Waals surface area contributed by atoms with Gasteiger partial charge in [-0.25, -0.2) is 4.39 Å². The summed E-state index contributed by atoms with van der Waals surface area (Å²) >= 11 is 0. The maximum Gasteiger partial charge on any atom is 0.232 e. The zero-order valence-electron chi connectivity index (χ0n) is 18.2. The lowest BCUT2D eigenvalue weighted by molar-refractivity contribution is -0.121. The van der Waals surface area contributed by atoms with Gasteiger partial charge in [0, 0.05) is 41.7 Å². The van der Waals surface area contributed by atoms with Crippen molar-refractivity contribution in [3.8, 4) is 11.5 Å². The number of amides is 1. The van der Waals surface area contributed by atoms with Crippen LogP contribution in [-0.2, 0) is 9.59 Å². The molecule has 1 aliphatic carbocycles. The Morgan fingerprint density at radius 1 is 1.03 bits per heavy atom. The van der Waals surface area contributed by atoms with Crippen LogP contribution in [0, 0.1) is 11.2 Å². The molecule has 0 radical (unpaired) electrons. The molecule has 2 aliphatic rings. The molecule has 2 aromatic carbocycles. The number of rotatable bonds is 4. The number of carbonyl (C=O) groups is 2. The molecule has 2 aromatic rings. The molecule has 0 N–H and O–H groups in total. The van der Waals surface area contributed by atoms with Crippen LogP contribution in [0.2, 0.25) is 0 Å². The Morgan fingerprint density at radius 2 is 1.77 bits per heavy atom. The minimum atomic E-state index is -0.487. The average molecular weight is 423 g/mol. The van der Waals surface area contributed by atoms with Gasteiger partial charge < -0.3 is 9.47 Å². The van der Waals surface area contributed by atoms with Crippen molar-refractivity contribution in [3.05, 3.63) is 65.1 Å². The van der Waals surface area contributed by atoms with Gasteiger partial charge in [-0.05, 0) is 30.0 Å². The zero-order valence-corrected chi connectivity index (χ0v) is 18.2. The van der Waals surface area contributed by atoms with Crippen molar-refractivity contribution < 1.29 is 23.5 Å². The molecule has 1 heterocycles. The lowest BCUT2D eigenvalue weighted by Gasteiger charge is -2.43. The van der Waals surface area contributed by atoms with Crippen LogP contribution < -0.4 is 14.4 Å². The largest absolute Gasteiger partial charge is 0.497 e. The molecule has 1 atom stereocenters. The molecule has 162 valence electrons. The minimum absolute atomic E-state index is 0.0111. The van der Waals surface area contributed by atoms with E-state index in [9.17, 15) is 14.0 Å². The zero-order chi connectivity index (χ0) is 22.3. The van der Waals surface area contributed by atoms with Crippen molar-refractivity contribution in [3.63, 3.8) is 0 Å². The van der Waals surface area contributed by atoms with Gasteiger partial charge in [-0.1, -0.05) is 32.0 Å². The summed E-state index contributed by atoms with van der Waals surface area (Å²) in [6.45, 7) is 3.99. The molecule has 5 nitrogen and oxygen atoms in total. The Morgan fingerprint density at radius 3 is 2.45 bits per heavy atom. The van der Waals surface area contributed by atoms with Crippen molar-refractivity contribution in [2.45, 2.75) is 39.0 Å². The second-order valence-corrected chi connectivity index (χ2v) is 8.85. The third-order valence-corrected chi connectivity index (χ3v) is 6.05. The number of methoxy groups -OCH3 is 2. The van der Waals surface area contributed by atoms with E-state index < -0.39 is 11.7 Å². The van der Waals surface area contributed by atoms with Crippen LogP contribution in [0.5, 0.6) is 11.5 Å². The summed E-state index contributed by atoms with van der Waals surface area (Å²) in [5.41, 5.74) is 1.78. The first-order chi connectivity index (χ1) is 14.8. The van der Waals surface area contributed by atoms with Crippen molar-refractivity contribution in [1.82, 2.24) is 0 Å². The number of ketones is 1. The average Bonchev–Trinajstić information content (AvgIpc) is 2.72. The van der Waals surface area contributed by atoms with Crippen molar-refractivity contribution in [2.75, 3.05) is 19.1 Å². The van der Waals surface area contributed by atoms with E-state index in [2.05, 4.69) is 0 Å². The Labute approximate surface area is 181 Å². The van der Waals surface area contributed by atoms with Crippen molar-refractivity contribution in [2.24, 2.45) is 5.41 Å². The minimum Gasteiger partial charge on any atom is -0.497 e. The molecule has 0 saturated carbocycles. The van der Waals surface area contributed by atoms with Crippen LogP contribution in [-0.4, -0.2) is 25.9 Å². The molecule has 1 amide bonds. The molecular formula is C25H26FNO4. The molecule has 6 heteroatoms. The highest BCUT2D eigenvalue weighted by molar-refractivity contribution is 6.08. The smallest absolute Gasteiger partial charge is 0.232 e. The van der Waals surface area contributed by atoms with E-state index in [0.717, 1.165) is 5.56 Å². The SMILES string of the molecule is COc1ccc([C@H]2CC(=O)N(c3ccccc3F)C3=C2C(=O)CC(C)(C)C3)c(OC)c1. The number of halogens is 1. The lowest BCUT2D eigenvalue weighted by Crippen LogP contribution is -2.44. The summed E-state index contributed by atoms with van der Waals surface area (Å²) in [6.07, 6.45) is 0.936. The van der Waals surface area contributed by atoms with Crippen LogP contribution >= 0.6 is 0 Å². The number of ether oxygens (including phenoxy) is 2. The van der Waals surface area contributed by atoms with Gasteiger partial charge in [0.05, 0.1) is 19.9 Å². The molecule has 31 heavy (non-hydrogen) atoms. The van der Waals surface area contributed by atoms with E-state index >= 15 is 0 Å². The first-order valence-electron chi connectivity index (χ1n) is 10.3. The Balaban J connectivity index is 1.93. The van der Waals surface area contributed by atoms with Gasteiger partial charge in [0.2, 0.25) is 5.91 Å². The summed E-state index contributed by atoms with van der Waals surface area (Å²) in [5, 5.41) is 0. The van der Waals surface area contributed by atoms with E-state index in [1.165, 1.54) is 11.0 Å². The first kappa shape index (κ1) is 21.1. The number of hydrogen-bond acceptors (Lipinski definition) is 4. The van der Waals surface area contributed by atoms with Gasteiger partial charge in [0.25, 0.3) is 0 Å². The van der Waals surface area contributed by atoms with E-state index in [4.69, 9.17) is 9.47 Å². The van der Waals surface area contributed by atoms with Gasteiger partial charge in [0.1, 0.15) is 17.3 Å². The predicted octanol–water partition coefficient (Wildman–Crippen LogP) is 5.01. The van der Waals surface area contributed by atoms with E-state index in [1.807, 2.05) is 19.9 Å². The summed E-state index contributed by atoms with van der Waals surface area (Å²) in [4.78, 5) is 28.2. The number of carbonyl (C=O) groups excluding carboxylic acids is 2. The maximum absolute atomic E-state index is 14.7. The topological polar surface area (TPSA) is 55.8 Å². The molecule has 0 spiro atoms. The van der Waals surface area contributed by atoms with Crippen LogP contribution in [0.1, 0.15) is 44.6 Å². The Kier molecular flexibility index (Phi) is 5.33. The number of benzene rings is 2. The summed E-state index contributed by atoms with van der Waals surface area (Å²) < 4.78 is 25.5. The van der Waals surface area contributed by atoms with Gasteiger partial charge >= 0.3 is 0 Å². The summed E-state index contributed by atoms with van der Waals surface area (Å²) in [6, 6.07) is 11.6. The fourth-order valence-electron chi connectivity index (χ4n) is 4.70. The Bertz CT molecular complexity index is 1090. The van der Waals surface area contributed by atoms with Gasteiger partial charge in [0.15, 0.2) is 5.78 Å². The molecule has 0 unspecified atom stereocenters. The lowest BCUT2D eigenvalue weighted by atomic mass is 9.69. The molecule has 0 fully saturated rings. The van der Waals surface area contributed by atoms with Crippen molar-refractivity contribution in [1.29, 1.82) is 0 Å². The van der Waals surface area contributed by atoms with E-state index in [0.29, 0.717) is 35.6 Å². The van der Waals surface area contributed by atoms with Crippen LogP contribution in [0.4, 0.5) is 10.1 Å². The molecule has 0 bridgehead atoms. The molecule has 0 saturated heterocycles. The molecular weight excluding hydrogens is 397 g/mol. The number of para-hydroxylation sites is 1. The molecule has 1 aliphatic heterocycles. The number of nitrogens with zero attached hydrogens (tertiary/aromatic N) is 1. The van der Waals surface area contributed by atoms with Crippen LogP contribution in [0.3, 0.4) is 0 Å². The summed E-state index contributed by atoms with van der Waals surface area (Å²) in [7, 11) is 3.12. The highest BCUT2D eigenvalue weighted by atomic mass is 19.1. The number of anilines is 1. The molecule has 4 rings (SSSR count). The van der Waals surface area contributed by atoms with Gasteiger partial charge in [-0.15, -0.1) is 0 Å². The van der Waals surface area contributed by atoms with Crippen LogP contribution in [0.15, 0.2) is 53.7 Å². The van der Waals surface area contributed by atoms with Gasteiger partial charge in [-0.3, -0.25) is 14.5 Å². The normalized spacial score (nSPS) is 20.5. The number of Topliss-reactive ketones (excluding diaryl/α,β-unsaturated/α-hetero) is 1. The monoisotopic (exact) mass is 423 g/mol. The highest BCUT2D eigenvalue weighted by Gasteiger charge is 2.45. The highest BCUT2D eigenvalue weighted by Crippen LogP contribution is 2.50. The standard InChI is InChI=1S/C25H26FNO4/c1-25(2)13-20-24(21(28)14-25)17(16-10-9-15(30-3)11-22(16)31-4)12-23(29)27(20)19-8-6-5-7-18(19)26/h5-11,17H,12-14H2,1-4H3/t17-/m1/s1. The van der Waals surface area contributed by atoms with E-state index in [1.54, 1.807) is 44.6 Å². The first-order valence-corrected chi connectivity index (χ1v) is 10.3. The third-order valence-electron chi connectivity index (χ3n) is 6.05. The third kappa shape index (κ3) is 3.71. The maximum atomic E-state index is 14.7. The Hall–Kier alpha value is -3.15. The van der Waals surface area contributed by atoms with Crippen molar-refractivity contribution >= 4 is 17.4 Å². The second kappa shape index (κ2) is 7.84.